The number of carbonyl (C=O) groups is 8. The van der Waals surface area contributed by atoms with Crippen LogP contribution in [0.4, 0.5) is 0 Å². The van der Waals surface area contributed by atoms with Gasteiger partial charge in [-0.15, -0.1) is 0 Å². The molecule has 0 N–H and O–H groups in total. The molecule has 0 aliphatic carbocycles. The molecule has 10 rings (SSSR count). The van der Waals surface area contributed by atoms with Gasteiger partial charge in [0, 0.05) is 22.3 Å². The first-order valence-corrected chi connectivity index (χ1v) is 26.7. The summed E-state index contributed by atoms with van der Waals surface area (Å²) in [5.41, 5.74) is 5.35. The molecule has 18 nitrogen and oxygen atoms in total. The van der Waals surface area contributed by atoms with E-state index in [-0.39, 0.29) is 67.5 Å². The van der Waals surface area contributed by atoms with Crippen molar-refractivity contribution in [2.45, 2.75) is 0 Å². The molecule has 0 saturated heterocycles. The number of esters is 8. The number of ether oxygens (including phenoxy) is 10. The van der Waals surface area contributed by atoms with Crippen molar-refractivity contribution in [3.63, 3.8) is 0 Å². The van der Waals surface area contributed by atoms with Crippen LogP contribution in [-0.2, 0) is 28.4 Å². The van der Waals surface area contributed by atoms with Gasteiger partial charge in [-0.05, 0) is 181 Å². The summed E-state index contributed by atoms with van der Waals surface area (Å²) in [6.07, 6.45) is 7.20. The van der Waals surface area contributed by atoms with Crippen molar-refractivity contribution in [2.24, 2.45) is 0 Å². The molecule has 0 bridgehead atoms. The quantitative estimate of drug-likeness (QED) is 0.0497. The average Bonchev–Trinajstić information content (AvgIpc) is 1.72. The average molecular weight is 1180 g/mol. The Kier molecular flexibility index (Phi) is 17.8. The Morgan fingerprint density at radius 1 is 0.227 bits per heavy atom. The summed E-state index contributed by atoms with van der Waals surface area (Å²) in [5, 5.41) is 0. The summed E-state index contributed by atoms with van der Waals surface area (Å²) < 4.78 is 54.8. The molecule has 88 heavy (non-hydrogen) atoms. The summed E-state index contributed by atoms with van der Waals surface area (Å²) in [6, 6.07) is 49.7. The molecule has 0 amide bonds. The zero-order valence-corrected chi connectivity index (χ0v) is 47.1. The number of rotatable bonds is 16. The highest BCUT2D eigenvalue weighted by Crippen LogP contribution is 2.39. The Balaban J connectivity index is 1.00. The van der Waals surface area contributed by atoms with Gasteiger partial charge in [-0.25, -0.2) is 38.4 Å². The second-order valence-electron chi connectivity index (χ2n) is 19.1. The van der Waals surface area contributed by atoms with Gasteiger partial charge >= 0.3 is 47.8 Å². The van der Waals surface area contributed by atoms with E-state index >= 15 is 0 Å². The van der Waals surface area contributed by atoms with E-state index in [4.69, 9.17) is 47.4 Å². The molecule has 8 aromatic carbocycles. The second kappa shape index (κ2) is 26.6. The van der Waals surface area contributed by atoms with Crippen LogP contribution in [0.3, 0.4) is 0 Å². The highest BCUT2D eigenvalue weighted by molar-refractivity contribution is 5.96. The monoisotopic (exact) mass is 1180 g/mol. The minimum atomic E-state index is -0.665. The molecular weight excluding hydrogens is 1130 g/mol. The van der Waals surface area contributed by atoms with Crippen molar-refractivity contribution in [3.8, 4) is 23.0 Å². The predicted octanol–water partition coefficient (Wildman–Crippen LogP) is 12.5. The smallest absolute Gasteiger partial charge is 0.343 e. The Morgan fingerprint density at radius 2 is 0.386 bits per heavy atom. The van der Waals surface area contributed by atoms with Crippen molar-refractivity contribution in [2.75, 3.05) is 28.4 Å². The molecule has 18 heteroatoms. The van der Waals surface area contributed by atoms with Crippen LogP contribution < -0.4 is 18.9 Å². The minimum absolute atomic E-state index is 0.203. The van der Waals surface area contributed by atoms with Crippen molar-refractivity contribution in [1.29, 1.82) is 0 Å². The third-order valence-electron chi connectivity index (χ3n) is 13.5. The van der Waals surface area contributed by atoms with E-state index in [0.717, 1.165) is 0 Å². The van der Waals surface area contributed by atoms with Gasteiger partial charge in [0.1, 0.15) is 46.0 Å². The van der Waals surface area contributed by atoms with Gasteiger partial charge in [-0.1, -0.05) is 48.5 Å². The first kappa shape index (κ1) is 59.0. The maximum absolute atomic E-state index is 13.4. The fourth-order valence-corrected chi connectivity index (χ4v) is 8.76. The lowest BCUT2D eigenvalue weighted by Gasteiger charge is -2.23. The molecule has 0 atom stereocenters. The molecule has 0 unspecified atom stereocenters. The zero-order valence-electron chi connectivity index (χ0n) is 47.1. The van der Waals surface area contributed by atoms with Crippen LogP contribution in [0.5, 0.6) is 23.0 Å². The molecule has 436 valence electrons. The van der Waals surface area contributed by atoms with Gasteiger partial charge in [0.25, 0.3) is 0 Å². The van der Waals surface area contributed by atoms with E-state index in [0.29, 0.717) is 56.4 Å². The number of allylic oxidation sites excluding steroid dienone is 6. The van der Waals surface area contributed by atoms with Crippen LogP contribution in [-0.4, -0.2) is 76.2 Å². The standard InChI is InChI=1S/C70H48O18/c1-79-63(71)45-21-29-55(30-22-45)83-67(75)49-13-5-41(6-14-49)59-37-53(38-60(87-59)42-7-15-50(16-8-42)68(76)84-56-31-23-46(24-32-56)64(72)80-2)54-39-61(43-9-17-51(18-10-43)69(77)85-57-33-25-47(26-34-57)65(73)81-3)88-62(40-54)44-11-19-52(20-12-44)70(78)86-58-35-27-48(28-36-58)66(74)82-4/h5-40H,1-4H3. The minimum Gasteiger partial charge on any atom is -0.465 e. The largest absolute Gasteiger partial charge is 0.465 e. The van der Waals surface area contributed by atoms with Crippen LogP contribution in [0.1, 0.15) is 105 Å². The topological polar surface area (TPSA) is 229 Å². The fraction of sp³-hybridized carbons (Fsp3) is 0.0571. The number of benzene rings is 8. The van der Waals surface area contributed by atoms with Gasteiger partial charge in [0.15, 0.2) is 0 Å². The first-order valence-electron chi connectivity index (χ1n) is 26.7. The predicted molar refractivity (Wildman–Crippen MR) is 318 cm³/mol. The van der Waals surface area contributed by atoms with E-state index in [1.165, 1.54) is 126 Å². The van der Waals surface area contributed by atoms with Crippen molar-refractivity contribution in [3.05, 3.63) is 296 Å². The summed E-state index contributed by atoms with van der Waals surface area (Å²) in [5.74, 6) is -2.63. The Bertz CT molecular complexity index is 3650. The lowest BCUT2D eigenvalue weighted by molar-refractivity contribution is 0.0591. The van der Waals surface area contributed by atoms with Crippen molar-refractivity contribution < 1.29 is 85.7 Å². The summed E-state index contributed by atoms with van der Waals surface area (Å²) in [7, 11) is 5.06. The fourth-order valence-electron chi connectivity index (χ4n) is 8.76. The molecule has 0 aromatic heterocycles. The Hall–Kier alpha value is -12.2. The molecular formula is C70H48O18. The van der Waals surface area contributed by atoms with Crippen LogP contribution in [0.2, 0.25) is 0 Å². The Morgan fingerprint density at radius 3 is 0.557 bits per heavy atom. The summed E-state index contributed by atoms with van der Waals surface area (Å²) >= 11 is 0. The Labute approximate surface area is 502 Å². The third-order valence-corrected chi connectivity index (χ3v) is 13.5. The van der Waals surface area contributed by atoms with Crippen molar-refractivity contribution in [1.82, 2.24) is 0 Å². The second-order valence-corrected chi connectivity index (χ2v) is 19.1. The van der Waals surface area contributed by atoms with E-state index in [9.17, 15) is 38.4 Å². The maximum Gasteiger partial charge on any atom is 0.343 e. The van der Waals surface area contributed by atoms with E-state index in [1.54, 1.807) is 121 Å². The molecule has 2 aliphatic rings. The van der Waals surface area contributed by atoms with Crippen LogP contribution >= 0.6 is 0 Å². The highest BCUT2D eigenvalue weighted by Gasteiger charge is 2.24. The molecule has 8 aromatic rings. The molecule has 2 aliphatic heterocycles. The van der Waals surface area contributed by atoms with Gasteiger partial charge in [0.05, 0.1) is 72.9 Å². The molecule has 0 spiro atoms. The van der Waals surface area contributed by atoms with E-state index in [1.807, 2.05) is 0 Å². The third kappa shape index (κ3) is 13.9. The van der Waals surface area contributed by atoms with Gasteiger partial charge < -0.3 is 47.4 Å². The number of hydrogen-bond acceptors (Lipinski definition) is 18. The number of methoxy groups -OCH3 is 4. The maximum atomic E-state index is 13.4. The van der Waals surface area contributed by atoms with Crippen LogP contribution in [0, 0.1) is 0 Å². The molecule has 2 heterocycles. The molecule has 0 saturated carbocycles. The summed E-state index contributed by atoms with van der Waals surface area (Å²) in [6.45, 7) is 0. The van der Waals surface area contributed by atoms with E-state index in [2.05, 4.69) is 0 Å². The lowest BCUT2D eigenvalue weighted by atomic mass is 9.95. The van der Waals surface area contributed by atoms with Crippen LogP contribution in [0.15, 0.2) is 230 Å². The zero-order chi connectivity index (χ0) is 61.8. The molecule has 0 fully saturated rings. The van der Waals surface area contributed by atoms with E-state index < -0.39 is 47.8 Å². The number of hydrogen-bond donors (Lipinski definition) is 0. The SMILES string of the molecule is COC(=O)c1ccc(OC(=O)c2ccc(C3=CC(=C4C=C(c5ccc(C(=O)Oc6ccc(C(=O)OC)cc6)cc5)OC(c5ccc(C(=O)Oc6ccc(C(=O)OC)cc6)cc5)=C4)C=C(c4ccc(C(=O)Oc5ccc(C(=O)OC)cc5)cc4)O3)cc2)cc1. The normalized spacial score (nSPS) is 12.4. The van der Waals surface area contributed by atoms with Gasteiger partial charge in [-0.3, -0.25) is 0 Å². The molecule has 0 radical (unpaired) electrons. The van der Waals surface area contributed by atoms with Gasteiger partial charge in [-0.2, -0.15) is 0 Å². The number of carbonyl (C=O) groups excluding carboxylic acids is 8. The van der Waals surface area contributed by atoms with Crippen LogP contribution in [0.25, 0.3) is 23.0 Å². The summed E-state index contributed by atoms with van der Waals surface area (Å²) in [4.78, 5) is 102. The first-order chi connectivity index (χ1) is 42.6. The highest BCUT2D eigenvalue weighted by atomic mass is 16.6. The lowest BCUT2D eigenvalue weighted by Crippen LogP contribution is -2.10. The van der Waals surface area contributed by atoms with Gasteiger partial charge in [0.2, 0.25) is 0 Å². The van der Waals surface area contributed by atoms with Crippen molar-refractivity contribution >= 4 is 70.8 Å².